The largest absolute Gasteiger partial charge is 0.394 e. The Balaban J connectivity index is 0.000000336. The van der Waals surface area contributed by atoms with E-state index in [0.717, 1.165) is 0 Å². The van der Waals surface area contributed by atoms with E-state index < -0.39 is 21.4 Å². The van der Waals surface area contributed by atoms with Gasteiger partial charge in [-0.15, -0.1) is 0 Å². The molecule has 0 radical (unpaired) electrons. The fourth-order valence-corrected chi connectivity index (χ4v) is 1.07. The van der Waals surface area contributed by atoms with Crippen molar-refractivity contribution in [1.29, 1.82) is 0 Å². The fourth-order valence-electron chi connectivity index (χ4n) is 0.723. The zero-order valence-electron chi connectivity index (χ0n) is 7.48. The van der Waals surface area contributed by atoms with Gasteiger partial charge in [0.15, 0.2) is 0 Å². The van der Waals surface area contributed by atoms with Crippen molar-refractivity contribution in [3.63, 3.8) is 0 Å². The Kier molecular flexibility index (Phi) is 6.91. The van der Waals surface area contributed by atoms with Crippen LogP contribution < -0.4 is 0 Å². The molecule has 0 aromatic heterocycles. The predicted molar refractivity (Wildman–Crippen MR) is 48.0 cm³/mol. The monoisotopic (exact) mass is 265 g/mol. The molecule has 1 heterocycles. The van der Waals surface area contributed by atoms with Crippen LogP contribution in [-0.2, 0) is 30.4 Å². The van der Waals surface area contributed by atoms with Crippen LogP contribution in [0.2, 0.25) is 0 Å². The van der Waals surface area contributed by atoms with E-state index in [1.165, 1.54) is 5.06 Å². The SMILES string of the molecule is O=S(=O)(O)O.O=[SH](=O)ON1CCOCC1. The van der Waals surface area contributed by atoms with Gasteiger partial charge in [-0.05, 0) is 0 Å². The third kappa shape index (κ3) is 13.7. The molecule has 0 unspecified atom stereocenters. The normalized spacial score (nSPS) is 18.3. The molecule has 15 heavy (non-hydrogen) atoms. The Hall–Kier alpha value is -0.300. The second-order valence-electron chi connectivity index (χ2n) is 2.29. The van der Waals surface area contributed by atoms with Crippen molar-refractivity contribution in [2.45, 2.75) is 0 Å². The summed E-state index contributed by atoms with van der Waals surface area (Å²) >= 11 is 0. The Morgan fingerprint density at radius 3 is 1.93 bits per heavy atom. The van der Waals surface area contributed by atoms with Gasteiger partial charge in [-0.1, -0.05) is 0 Å². The number of hydrogen-bond donors (Lipinski definition) is 3. The van der Waals surface area contributed by atoms with Crippen LogP contribution in [0, 0.1) is 0 Å². The summed E-state index contributed by atoms with van der Waals surface area (Å²) in [5.41, 5.74) is 0. The molecule has 1 saturated heterocycles. The maximum absolute atomic E-state index is 10.00. The zero-order valence-corrected chi connectivity index (χ0v) is 9.19. The summed E-state index contributed by atoms with van der Waals surface area (Å²) in [5.74, 6) is 0. The van der Waals surface area contributed by atoms with Crippen molar-refractivity contribution in [2.75, 3.05) is 26.3 Å². The first kappa shape index (κ1) is 14.7. The van der Waals surface area contributed by atoms with Crippen molar-refractivity contribution in [1.82, 2.24) is 5.06 Å². The number of morpholine rings is 1. The first-order valence-corrected chi connectivity index (χ1v) is 6.13. The molecule has 0 atom stereocenters. The maximum atomic E-state index is 10.00. The van der Waals surface area contributed by atoms with Crippen LogP contribution >= 0.6 is 0 Å². The highest BCUT2D eigenvalue weighted by Crippen LogP contribution is 1.96. The lowest BCUT2D eigenvalue weighted by Crippen LogP contribution is -2.35. The van der Waals surface area contributed by atoms with Gasteiger partial charge in [0.25, 0.3) is 11.0 Å². The van der Waals surface area contributed by atoms with Gasteiger partial charge < -0.3 is 4.74 Å². The average Bonchev–Trinajstić information content (AvgIpc) is 2.01. The van der Waals surface area contributed by atoms with Gasteiger partial charge in [-0.3, -0.25) is 9.11 Å². The molecule has 0 bridgehead atoms. The van der Waals surface area contributed by atoms with E-state index in [-0.39, 0.29) is 0 Å². The van der Waals surface area contributed by atoms with Gasteiger partial charge in [0.2, 0.25) is 0 Å². The van der Waals surface area contributed by atoms with E-state index >= 15 is 0 Å². The molecule has 1 fully saturated rings. The van der Waals surface area contributed by atoms with Crippen molar-refractivity contribution in [3.8, 4) is 0 Å². The first-order chi connectivity index (χ1) is 6.79. The third-order valence-electron chi connectivity index (χ3n) is 1.15. The minimum Gasteiger partial charge on any atom is -0.379 e. The van der Waals surface area contributed by atoms with Gasteiger partial charge in [-0.2, -0.15) is 17.8 Å². The van der Waals surface area contributed by atoms with Crippen LogP contribution in [0.4, 0.5) is 0 Å². The molecule has 11 heteroatoms. The van der Waals surface area contributed by atoms with Crippen LogP contribution in [0.25, 0.3) is 0 Å². The maximum Gasteiger partial charge on any atom is 0.394 e. The number of rotatable bonds is 2. The van der Waals surface area contributed by atoms with E-state index in [4.69, 9.17) is 22.3 Å². The van der Waals surface area contributed by atoms with Crippen LogP contribution in [0.5, 0.6) is 0 Å². The topological polar surface area (TPSA) is 130 Å². The molecule has 0 spiro atoms. The van der Waals surface area contributed by atoms with Crippen LogP contribution in [0.1, 0.15) is 0 Å². The summed E-state index contributed by atoms with van der Waals surface area (Å²) in [4.78, 5) is 0. The number of hydroxylamine groups is 2. The summed E-state index contributed by atoms with van der Waals surface area (Å²) in [6.45, 7) is 2.10. The van der Waals surface area contributed by atoms with Gasteiger partial charge in [0, 0.05) is 13.1 Å². The molecule has 0 amide bonds. The molecule has 92 valence electrons. The Morgan fingerprint density at radius 2 is 1.60 bits per heavy atom. The van der Waals surface area contributed by atoms with Crippen molar-refractivity contribution >= 4 is 21.4 Å². The minimum atomic E-state index is -4.67. The lowest BCUT2D eigenvalue weighted by molar-refractivity contribution is -0.110. The van der Waals surface area contributed by atoms with E-state index in [1.54, 1.807) is 0 Å². The Morgan fingerprint density at radius 1 is 1.20 bits per heavy atom. The fraction of sp³-hybridized carbons (Fsp3) is 1.00. The average molecular weight is 265 g/mol. The van der Waals surface area contributed by atoms with Gasteiger partial charge >= 0.3 is 10.4 Å². The van der Waals surface area contributed by atoms with Gasteiger partial charge in [0.05, 0.1) is 13.2 Å². The van der Waals surface area contributed by atoms with Crippen LogP contribution in [0.3, 0.4) is 0 Å². The molecule has 1 aliphatic heterocycles. The Bertz CT molecular complexity index is 313. The third-order valence-corrected chi connectivity index (χ3v) is 1.52. The minimum absolute atomic E-state index is 0.517. The smallest absolute Gasteiger partial charge is 0.379 e. The second kappa shape index (κ2) is 7.05. The van der Waals surface area contributed by atoms with E-state index in [2.05, 4.69) is 4.28 Å². The molecule has 1 aliphatic rings. The van der Waals surface area contributed by atoms with Crippen LogP contribution in [-0.4, -0.2) is 57.3 Å². The molecule has 0 saturated carbocycles. The number of nitrogens with zero attached hydrogens (tertiary/aromatic N) is 1. The molecule has 0 aliphatic carbocycles. The molecule has 0 aromatic carbocycles. The van der Waals surface area contributed by atoms with Crippen molar-refractivity contribution < 1.29 is 35.0 Å². The van der Waals surface area contributed by atoms with Gasteiger partial charge in [-0.25, -0.2) is 8.42 Å². The first-order valence-electron chi connectivity index (χ1n) is 3.64. The van der Waals surface area contributed by atoms with Crippen molar-refractivity contribution in [3.05, 3.63) is 0 Å². The molecular weight excluding hydrogens is 254 g/mol. The summed E-state index contributed by atoms with van der Waals surface area (Å²) in [6.07, 6.45) is 0. The molecule has 1 rings (SSSR count). The summed E-state index contributed by atoms with van der Waals surface area (Å²) in [5, 5.41) is 1.37. The van der Waals surface area contributed by atoms with E-state index in [9.17, 15) is 8.42 Å². The molecular formula is C4H11NO8S2. The molecule has 0 aromatic rings. The Labute approximate surface area is 88.3 Å². The molecule has 9 nitrogen and oxygen atoms in total. The highest BCUT2D eigenvalue weighted by Gasteiger charge is 2.10. The van der Waals surface area contributed by atoms with E-state index in [1.807, 2.05) is 0 Å². The van der Waals surface area contributed by atoms with Crippen molar-refractivity contribution in [2.24, 2.45) is 0 Å². The lowest BCUT2D eigenvalue weighted by Gasteiger charge is -2.22. The zero-order chi connectivity index (χ0) is 11.9. The standard InChI is InChI=1S/C4H9NO4S.H2O4S/c6-10(7)9-5-1-3-8-4-2-5;1-5(2,3)4/h10H,1-4H2;(H2,1,2,3,4). The van der Waals surface area contributed by atoms with Gasteiger partial charge in [0.1, 0.15) is 0 Å². The highest BCUT2D eigenvalue weighted by atomic mass is 32.3. The summed E-state index contributed by atoms with van der Waals surface area (Å²) in [7, 11) is -7.42. The lowest BCUT2D eigenvalue weighted by atomic mass is 10.5. The molecule has 2 N–H and O–H groups in total. The number of ether oxygens (including phenoxy) is 1. The summed E-state index contributed by atoms with van der Waals surface area (Å²) < 4.78 is 60.9. The number of hydrogen-bond acceptors (Lipinski definition) is 7. The van der Waals surface area contributed by atoms with E-state index in [0.29, 0.717) is 26.3 Å². The highest BCUT2D eigenvalue weighted by molar-refractivity contribution is 7.79. The predicted octanol–water partition coefficient (Wildman–Crippen LogP) is -1.88. The van der Waals surface area contributed by atoms with Crippen LogP contribution in [0.15, 0.2) is 0 Å². The quantitative estimate of drug-likeness (QED) is 0.388. The second-order valence-corrected chi connectivity index (χ2v) is 3.80. The number of thiol groups is 1. The summed E-state index contributed by atoms with van der Waals surface area (Å²) in [6, 6.07) is 0.